The van der Waals surface area contributed by atoms with Crippen molar-refractivity contribution in [3.63, 3.8) is 0 Å². The Labute approximate surface area is 200 Å². The molecule has 0 radical (unpaired) electrons. The summed E-state index contributed by atoms with van der Waals surface area (Å²) in [5.74, 6) is -0.459. The van der Waals surface area contributed by atoms with E-state index in [-0.39, 0.29) is 24.6 Å². The maximum atomic E-state index is 13.9. The number of hydrogen-bond donors (Lipinski definition) is 1. The van der Waals surface area contributed by atoms with Crippen molar-refractivity contribution in [1.82, 2.24) is 9.29 Å². The summed E-state index contributed by atoms with van der Waals surface area (Å²) in [6, 6.07) is 12.6. The highest BCUT2D eigenvalue weighted by atomic mass is 35.5. The largest absolute Gasteiger partial charge is 0.461 e. The van der Waals surface area contributed by atoms with Gasteiger partial charge in [0.25, 0.3) is 0 Å². The lowest BCUT2D eigenvalue weighted by Crippen LogP contribution is -2.31. The van der Waals surface area contributed by atoms with Crippen LogP contribution in [0.4, 0.5) is 0 Å². The molecule has 0 fully saturated rings. The molecule has 0 bridgehead atoms. The number of benzene rings is 2. The van der Waals surface area contributed by atoms with Gasteiger partial charge in [-0.1, -0.05) is 41.9 Å². The second-order valence-electron chi connectivity index (χ2n) is 8.08. The van der Waals surface area contributed by atoms with Crippen LogP contribution in [0.2, 0.25) is 5.02 Å². The lowest BCUT2D eigenvalue weighted by Gasteiger charge is -2.24. The van der Waals surface area contributed by atoms with Gasteiger partial charge in [-0.05, 0) is 74.6 Å². The monoisotopic (exact) mass is 488 g/mol. The van der Waals surface area contributed by atoms with E-state index in [1.165, 1.54) is 4.31 Å². The quantitative estimate of drug-likeness (QED) is 0.426. The Hall–Kier alpha value is -2.61. The Morgan fingerprint density at radius 3 is 2.42 bits per heavy atom. The summed E-state index contributed by atoms with van der Waals surface area (Å²) in [5.41, 5.74) is 4.69. The number of aromatic amines is 1. The van der Waals surface area contributed by atoms with Gasteiger partial charge in [0.1, 0.15) is 5.69 Å². The minimum absolute atomic E-state index is 0.0779. The Kier molecular flexibility index (Phi) is 7.67. The molecule has 0 spiro atoms. The van der Waals surface area contributed by atoms with Gasteiger partial charge in [-0.2, -0.15) is 4.31 Å². The van der Waals surface area contributed by atoms with Crippen LogP contribution in [0.1, 0.15) is 50.9 Å². The van der Waals surface area contributed by atoms with Crippen molar-refractivity contribution in [2.24, 2.45) is 0 Å². The predicted molar refractivity (Wildman–Crippen MR) is 130 cm³/mol. The number of esters is 1. The Morgan fingerprint density at radius 2 is 1.76 bits per heavy atom. The molecular formula is C25H29ClN2O4S. The van der Waals surface area contributed by atoms with Crippen molar-refractivity contribution >= 4 is 27.6 Å². The van der Waals surface area contributed by atoms with E-state index in [1.807, 2.05) is 38.1 Å². The first kappa shape index (κ1) is 25.0. The van der Waals surface area contributed by atoms with Crippen LogP contribution < -0.4 is 0 Å². The molecular weight excluding hydrogens is 460 g/mol. The predicted octanol–water partition coefficient (Wildman–Crippen LogP) is 5.47. The zero-order chi connectivity index (χ0) is 24.3. The number of carbonyl (C=O) groups excluding carboxylic acids is 1. The van der Waals surface area contributed by atoms with Crippen LogP contribution in [-0.2, 0) is 27.8 Å². The number of rotatable bonds is 8. The summed E-state index contributed by atoms with van der Waals surface area (Å²) in [6.07, 6.45) is 0. The number of ether oxygens (including phenoxy) is 1. The summed E-state index contributed by atoms with van der Waals surface area (Å²) in [5, 5.41) is 0.494. The molecule has 0 unspecified atom stereocenters. The summed E-state index contributed by atoms with van der Waals surface area (Å²) in [6.45, 7) is 9.43. The highest BCUT2D eigenvalue weighted by molar-refractivity contribution is 7.89. The minimum atomic E-state index is -3.88. The number of hydrogen-bond acceptors (Lipinski definition) is 4. The molecule has 0 atom stereocenters. The fourth-order valence-electron chi connectivity index (χ4n) is 3.78. The molecule has 3 aromatic rings. The van der Waals surface area contributed by atoms with E-state index in [1.54, 1.807) is 39.0 Å². The maximum absolute atomic E-state index is 13.9. The number of nitrogens with zero attached hydrogens (tertiary/aromatic N) is 1. The smallest absolute Gasteiger partial charge is 0.355 e. The molecule has 176 valence electrons. The van der Waals surface area contributed by atoms with Crippen LogP contribution in [0.25, 0.3) is 0 Å². The van der Waals surface area contributed by atoms with Crippen molar-refractivity contribution in [3.05, 3.63) is 86.7 Å². The van der Waals surface area contributed by atoms with E-state index in [9.17, 15) is 13.2 Å². The third kappa shape index (κ3) is 5.32. The van der Waals surface area contributed by atoms with Crippen molar-refractivity contribution in [2.45, 2.75) is 52.6 Å². The van der Waals surface area contributed by atoms with Crippen molar-refractivity contribution in [3.8, 4) is 0 Å². The van der Waals surface area contributed by atoms with Gasteiger partial charge in [-0.15, -0.1) is 0 Å². The standard InChI is InChI=1S/C25H29ClN2O4S/c1-6-32-25(29)24-18(4)21(19(5)27-24)15-28(14-20-9-7-8-10-22(20)26)33(30,31)23-13-16(2)11-12-17(23)3/h7-13,27H,6,14-15H2,1-5H3. The first-order chi connectivity index (χ1) is 15.6. The Morgan fingerprint density at radius 1 is 1.06 bits per heavy atom. The molecule has 2 aromatic carbocycles. The highest BCUT2D eigenvalue weighted by Crippen LogP contribution is 2.29. The van der Waals surface area contributed by atoms with Crippen LogP contribution in [0.3, 0.4) is 0 Å². The van der Waals surface area contributed by atoms with E-state index in [0.29, 0.717) is 27.4 Å². The second-order valence-corrected chi connectivity index (χ2v) is 10.4. The SMILES string of the molecule is CCOC(=O)c1[nH]c(C)c(CN(Cc2ccccc2Cl)S(=O)(=O)c2cc(C)ccc2C)c1C. The first-order valence-corrected chi connectivity index (χ1v) is 12.5. The summed E-state index contributed by atoms with van der Waals surface area (Å²) >= 11 is 6.38. The number of carbonyl (C=O) groups is 1. The summed E-state index contributed by atoms with van der Waals surface area (Å²) in [4.78, 5) is 15.7. The molecule has 8 heteroatoms. The third-order valence-corrected chi connectivity index (χ3v) is 7.98. The number of aromatic nitrogens is 1. The van der Waals surface area contributed by atoms with Crippen LogP contribution in [-0.4, -0.2) is 30.3 Å². The Bertz CT molecular complexity index is 1280. The number of halogens is 1. The second kappa shape index (κ2) is 10.1. The van der Waals surface area contributed by atoms with Gasteiger partial charge in [0.2, 0.25) is 10.0 Å². The number of sulfonamides is 1. The van der Waals surface area contributed by atoms with Gasteiger partial charge in [-0.3, -0.25) is 0 Å². The van der Waals surface area contributed by atoms with Gasteiger partial charge < -0.3 is 9.72 Å². The summed E-state index contributed by atoms with van der Waals surface area (Å²) < 4.78 is 34.3. The van der Waals surface area contributed by atoms with E-state index in [4.69, 9.17) is 16.3 Å². The molecule has 3 rings (SSSR count). The lowest BCUT2D eigenvalue weighted by molar-refractivity contribution is 0.0519. The molecule has 1 heterocycles. The van der Waals surface area contributed by atoms with E-state index in [0.717, 1.165) is 16.8 Å². The Balaban J connectivity index is 2.10. The first-order valence-electron chi connectivity index (χ1n) is 10.7. The zero-order valence-corrected chi connectivity index (χ0v) is 21.1. The van der Waals surface area contributed by atoms with Crippen molar-refractivity contribution in [2.75, 3.05) is 6.61 Å². The molecule has 0 saturated carbocycles. The number of nitrogens with one attached hydrogen (secondary N) is 1. The normalized spacial score (nSPS) is 11.7. The number of aryl methyl sites for hydroxylation is 3. The topological polar surface area (TPSA) is 79.5 Å². The van der Waals surface area contributed by atoms with Crippen molar-refractivity contribution < 1.29 is 17.9 Å². The van der Waals surface area contributed by atoms with Gasteiger partial charge in [-0.25, -0.2) is 13.2 Å². The molecule has 33 heavy (non-hydrogen) atoms. The summed E-state index contributed by atoms with van der Waals surface area (Å²) in [7, 11) is -3.88. The minimum Gasteiger partial charge on any atom is -0.461 e. The van der Waals surface area contributed by atoms with E-state index in [2.05, 4.69) is 4.98 Å². The molecule has 0 aliphatic carbocycles. The van der Waals surface area contributed by atoms with E-state index < -0.39 is 16.0 Å². The van der Waals surface area contributed by atoms with Crippen LogP contribution in [0.5, 0.6) is 0 Å². The van der Waals surface area contributed by atoms with Crippen molar-refractivity contribution in [1.29, 1.82) is 0 Å². The molecule has 1 aromatic heterocycles. The van der Waals surface area contributed by atoms with Gasteiger partial charge in [0.15, 0.2) is 0 Å². The van der Waals surface area contributed by atoms with Gasteiger partial charge >= 0.3 is 5.97 Å². The average Bonchev–Trinajstić information content (AvgIpc) is 3.04. The van der Waals surface area contributed by atoms with Crippen LogP contribution in [0, 0.1) is 27.7 Å². The fourth-order valence-corrected chi connectivity index (χ4v) is 5.67. The molecule has 1 N–H and O–H groups in total. The fraction of sp³-hybridized carbons (Fsp3) is 0.320. The average molecular weight is 489 g/mol. The molecule has 6 nitrogen and oxygen atoms in total. The molecule has 0 amide bonds. The van der Waals surface area contributed by atoms with E-state index >= 15 is 0 Å². The molecule has 0 saturated heterocycles. The van der Waals surface area contributed by atoms with Crippen LogP contribution in [0.15, 0.2) is 47.4 Å². The third-order valence-electron chi connectivity index (χ3n) is 5.67. The molecule has 0 aliphatic rings. The highest BCUT2D eigenvalue weighted by Gasteiger charge is 2.30. The number of H-pyrrole nitrogens is 1. The zero-order valence-electron chi connectivity index (χ0n) is 19.5. The lowest BCUT2D eigenvalue weighted by atomic mass is 10.1. The van der Waals surface area contributed by atoms with Crippen LogP contribution >= 0.6 is 11.6 Å². The van der Waals surface area contributed by atoms with Gasteiger partial charge in [0.05, 0.1) is 11.5 Å². The molecule has 0 aliphatic heterocycles. The maximum Gasteiger partial charge on any atom is 0.355 e. The van der Waals surface area contributed by atoms with Gasteiger partial charge in [0, 0.05) is 23.8 Å².